The zero-order chi connectivity index (χ0) is 13.8. The van der Waals surface area contributed by atoms with Crippen LogP contribution in [0.2, 0.25) is 0 Å². The van der Waals surface area contributed by atoms with E-state index in [4.69, 9.17) is 9.47 Å². The van der Waals surface area contributed by atoms with Crippen LogP contribution in [0.25, 0.3) is 0 Å². The van der Waals surface area contributed by atoms with Crippen molar-refractivity contribution in [3.63, 3.8) is 0 Å². The van der Waals surface area contributed by atoms with Gasteiger partial charge in [-0.1, -0.05) is 25.0 Å². The highest BCUT2D eigenvalue weighted by Crippen LogP contribution is 2.30. The molecule has 2 fully saturated rings. The fourth-order valence-electron chi connectivity index (χ4n) is 2.90. The molecule has 1 aromatic rings. The lowest BCUT2D eigenvalue weighted by Gasteiger charge is -2.23. The first-order chi connectivity index (χ1) is 9.85. The van der Waals surface area contributed by atoms with Crippen molar-refractivity contribution in [1.29, 1.82) is 0 Å². The monoisotopic (exact) mass is 275 g/mol. The molecular weight excluding hydrogens is 250 g/mol. The third-order valence-corrected chi connectivity index (χ3v) is 4.29. The van der Waals surface area contributed by atoms with Crippen LogP contribution in [0.1, 0.15) is 50.2 Å². The second-order valence-electron chi connectivity index (χ2n) is 5.99. The Balaban J connectivity index is 1.67. The molecule has 1 unspecified atom stereocenters. The maximum Gasteiger partial charge on any atom is 0.119 e. The Bertz CT molecular complexity index is 425. The van der Waals surface area contributed by atoms with Crippen molar-refractivity contribution >= 4 is 0 Å². The van der Waals surface area contributed by atoms with Gasteiger partial charge in [-0.15, -0.1) is 0 Å². The van der Waals surface area contributed by atoms with Crippen molar-refractivity contribution in [3.05, 3.63) is 29.8 Å². The maximum absolute atomic E-state index is 6.36. The number of rotatable bonds is 7. The molecule has 0 aliphatic heterocycles. The highest BCUT2D eigenvalue weighted by atomic mass is 16.5. The second-order valence-corrected chi connectivity index (χ2v) is 5.99. The normalized spacial score (nSPS) is 21.1. The molecule has 0 heterocycles. The third kappa shape index (κ3) is 3.74. The van der Waals surface area contributed by atoms with Gasteiger partial charge in [0.05, 0.1) is 19.3 Å². The maximum atomic E-state index is 6.36. The van der Waals surface area contributed by atoms with Gasteiger partial charge in [0.2, 0.25) is 0 Å². The zero-order valence-electron chi connectivity index (χ0n) is 12.3. The van der Waals surface area contributed by atoms with E-state index in [1.165, 1.54) is 44.1 Å². The highest BCUT2D eigenvalue weighted by Gasteiger charge is 2.25. The number of methoxy groups -OCH3 is 1. The van der Waals surface area contributed by atoms with Crippen LogP contribution in [0.3, 0.4) is 0 Å². The van der Waals surface area contributed by atoms with E-state index in [1.807, 2.05) is 6.07 Å². The van der Waals surface area contributed by atoms with Crippen molar-refractivity contribution in [2.45, 2.75) is 56.8 Å². The van der Waals surface area contributed by atoms with Gasteiger partial charge >= 0.3 is 0 Å². The molecular formula is C17H25NO2. The summed E-state index contributed by atoms with van der Waals surface area (Å²) in [4.78, 5) is 0. The van der Waals surface area contributed by atoms with Crippen LogP contribution in [-0.4, -0.2) is 25.8 Å². The van der Waals surface area contributed by atoms with E-state index in [0.717, 1.165) is 18.3 Å². The van der Waals surface area contributed by atoms with Crippen molar-refractivity contribution in [1.82, 2.24) is 5.32 Å². The van der Waals surface area contributed by atoms with Gasteiger partial charge in [0, 0.05) is 12.6 Å². The van der Waals surface area contributed by atoms with E-state index in [-0.39, 0.29) is 6.10 Å². The molecule has 110 valence electrons. The number of benzene rings is 1. The van der Waals surface area contributed by atoms with Crippen molar-refractivity contribution in [2.75, 3.05) is 13.7 Å². The number of ether oxygens (including phenoxy) is 2. The standard InChI is InChI=1S/C17H25NO2/c1-19-16-8-4-5-13(11-16)17(12-18-14-9-10-14)20-15-6-2-3-7-15/h4-5,8,11,14-15,17-18H,2-3,6-7,9-10,12H2,1H3. The minimum absolute atomic E-state index is 0.147. The van der Waals surface area contributed by atoms with E-state index in [2.05, 4.69) is 23.5 Å². The topological polar surface area (TPSA) is 30.5 Å². The van der Waals surface area contributed by atoms with Crippen LogP contribution in [0.15, 0.2) is 24.3 Å². The molecule has 2 aliphatic carbocycles. The third-order valence-electron chi connectivity index (χ3n) is 4.29. The fraction of sp³-hybridized carbons (Fsp3) is 0.647. The van der Waals surface area contributed by atoms with Gasteiger partial charge in [-0.05, 0) is 43.4 Å². The molecule has 2 saturated carbocycles. The lowest BCUT2D eigenvalue weighted by atomic mass is 10.1. The summed E-state index contributed by atoms with van der Waals surface area (Å²) in [5, 5.41) is 3.60. The van der Waals surface area contributed by atoms with Crippen molar-refractivity contribution < 1.29 is 9.47 Å². The molecule has 1 atom stereocenters. The van der Waals surface area contributed by atoms with Crippen LogP contribution < -0.4 is 10.1 Å². The summed E-state index contributed by atoms with van der Waals surface area (Å²) < 4.78 is 11.7. The molecule has 0 aromatic heterocycles. The minimum Gasteiger partial charge on any atom is -0.497 e. The summed E-state index contributed by atoms with van der Waals surface area (Å²) >= 11 is 0. The Morgan fingerprint density at radius 1 is 1.20 bits per heavy atom. The molecule has 0 bridgehead atoms. The van der Waals surface area contributed by atoms with E-state index < -0.39 is 0 Å². The van der Waals surface area contributed by atoms with Gasteiger partial charge in [0.15, 0.2) is 0 Å². The first kappa shape index (κ1) is 13.9. The summed E-state index contributed by atoms with van der Waals surface area (Å²) in [5.74, 6) is 0.911. The zero-order valence-corrected chi connectivity index (χ0v) is 12.3. The quantitative estimate of drug-likeness (QED) is 0.827. The Hall–Kier alpha value is -1.06. The Morgan fingerprint density at radius 3 is 2.70 bits per heavy atom. The van der Waals surface area contributed by atoms with E-state index in [9.17, 15) is 0 Å². The molecule has 1 aromatic carbocycles. The Labute approximate surface area is 121 Å². The summed E-state index contributed by atoms with van der Waals surface area (Å²) in [6.45, 7) is 0.911. The molecule has 0 saturated heterocycles. The van der Waals surface area contributed by atoms with Crippen LogP contribution in [0.5, 0.6) is 5.75 Å². The predicted molar refractivity (Wildman–Crippen MR) is 80.1 cm³/mol. The molecule has 0 spiro atoms. The summed E-state index contributed by atoms with van der Waals surface area (Å²) in [7, 11) is 1.72. The van der Waals surface area contributed by atoms with Gasteiger partial charge in [0.1, 0.15) is 5.75 Å². The first-order valence-electron chi connectivity index (χ1n) is 7.88. The average molecular weight is 275 g/mol. The summed E-state index contributed by atoms with van der Waals surface area (Å²) in [6, 6.07) is 9.02. The van der Waals surface area contributed by atoms with Gasteiger partial charge < -0.3 is 14.8 Å². The molecule has 1 N–H and O–H groups in total. The van der Waals surface area contributed by atoms with E-state index in [1.54, 1.807) is 7.11 Å². The second kappa shape index (κ2) is 6.59. The lowest BCUT2D eigenvalue weighted by Crippen LogP contribution is -2.27. The molecule has 3 nitrogen and oxygen atoms in total. The lowest BCUT2D eigenvalue weighted by molar-refractivity contribution is -0.00901. The average Bonchev–Trinajstić information content (AvgIpc) is 3.18. The minimum atomic E-state index is 0.147. The van der Waals surface area contributed by atoms with Crippen molar-refractivity contribution in [2.24, 2.45) is 0 Å². The molecule has 2 aliphatic rings. The van der Waals surface area contributed by atoms with Crippen LogP contribution in [-0.2, 0) is 4.74 Å². The SMILES string of the molecule is COc1cccc(C(CNC2CC2)OC2CCCC2)c1. The Kier molecular flexibility index (Phi) is 4.58. The van der Waals surface area contributed by atoms with Gasteiger partial charge in [-0.25, -0.2) is 0 Å². The molecule has 0 radical (unpaired) electrons. The highest BCUT2D eigenvalue weighted by molar-refractivity contribution is 5.30. The fourth-order valence-corrected chi connectivity index (χ4v) is 2.90. The number of nitrogens with one attached hydrogen (secondary N) is 1. The first-order valence-corrected chi connectivity index (χ1v) is 7.88. The molecule has 20 heavy (non-hydrogen) atoms. The summed E-state index contributed by atoms with van der Waals surface area (Å²) in [5.41, 5.74) is 1.23. The smallest absolute Gasteiger partial charge is 0.119 e. The van der Waals surface area contributed by atoms with E-state index in [0.29, 0.717) is 6.10 Å². The predicted octanol–water partition coefficient (Wildman–Crippen LogP) is 3.45. The number of hydrogen-bond donors (Lipinski definition) is 1. The molecule has 0 amide bonds. The van der Waals surface area contributed by atoms with E-state index >= 15 is 0 Å². The van der Waals surface area contributed by atoms with Gasteiger partial charge in [0.25, 0.3) is 0 Å². The largest absolute Gasteiger partial charge is 0.497 e. The molecule has 3 rings (SSSR count). The van der Waals surface area contributed by atoms with Gasteiger partial charge in [-0.3, -0.25) is 0 Å². The van der Waals surface area contributed by atoms with Crippen molar-refractivity contribution in [3.8, 4) is 5.75 Å². The Morgan fingerprint density at radius 2 is 2.00 bits per heavy atom. The molecule has 3 heteroatoms. The summed E-state index contributed by atoms with van der Waals surface area (Å²) in [6.07, 6.45) is 8.26. The van der Waals surface area contributed by atoms with Gasteiger partial charge in [-0.2, -0.15) is 0 Å². The van der Waals surface area contributed by atoms with Crippen LogP contribution in [0.4, 0.5) is 0 Å². The number of hydrogen-bond acceptors (Lipinski definition) is 3. The van der Waals surface area contributed by atoms with Crippen LogP contribution in [0, 0.1) is 0 Å². The van der Waals surface area contributed by atoms with Crippen LogP contribution >= 0.6 is 0 Å².